The number of methoxy groups -OCH3 is 1. The van der Waals surface area contributed by atoms with Gasteiger partial charge in [0.25, 0.3) is 5.91 Å². The SMILES string of the molecule is COCC[C@]1(O)CCN(C(=O)c2cccc(C(C)=O)c2)C[C@H]1C. The van der Waals surface area contributed by atoms with Gasteiger partial charge >= 0.3 is 0 Å². The Balaban J connectivity index is 2.08. The number of ketones is 1. The van der Waals surface area contributed by atoms with Crippen LogP contribution in [0.25, 0.3) is 0 Å². The summed E-state index contributed by atoms with van der Waals surface area (Å²) in [6.45, 7) is 4.97. The van der Waals surface area contributed by atoms with E-state index in [1.54, 1.807) is 36.3 Å². The maximum atomic E-state index is 12.7. The highest BCUT2D eigenvalue weighted by atomic mass is 16.5. The molecule has 1 saturated heterocycles. The number of nitrogens with zero attached hydrogens (tertiary/aromatic N) is 1. The minimum atomic E-state index is -0.784. The van der Waals surface area contributed by atoms with Gasteiger partial charge in [0, 0.05) is 43.9 Å². The molecular formula is C18H25NO4. The molecule has 1 heterocycles. The molecule has 1 aromatic rings. The fourth-order valence-electron chi connectivity index (χ4n) is 3.06. The Morgan fingerprint density at radius 1 is 1.39 bits per heavy atom. The van der Waals surface area contributed by atoms with Crippen LogP contribution >= 0.6 is 0 Å². The maximum Gasteiger partial charge on any atom is 0.253 e. The van der Waals surface area contributed by atoms with E-state index < -0.39 is 5.60 Å². The minimum Gasteiger partial charge on any atom is -0.389 e. The summed E-state index contributed by atoms with van der Waals surface area (Å²) in [6.07, 6.45) is 1.11. The lowest BCUT2D eigenvalue weighted by Gasteiger charge is -2.43. The lowest BCUT2D eigenvalue weighted by atomic mass is 9.79. The van der Waals surface area contributed by atoms with Gasteiger partial charge < -0.3 is 14.7 Å². The number of carbonyl (C=O) groups is 2. The molecule has 1 aromatic carbocycles. The van der Waals surface area contributed by atoms with Gasteiger partial charge in [0.1, 0.15) is 0 Å². The standard InChI is InChI=1S/C18H25NO4/c1-13-12-19(9-7-18(13,22)8-10-23-3)17(21)16-6-4-5-15(11-16)14(2)20/h4-6,11,13,22H,7-10,12H2,1-3H3/t13-,18-/m1/s1. The van der Waals surface area contributed by atoms with Crippen LogP contribution in [-0.4, -0.2) is 54.1 Å². The molecule has 0 spiro atoms. The number of piperidine rings is 1. The number of ether oxygens (including phenoxy) is 1. The Hall–Kier alpha value is -1.72. The van der Waals surface area contributed by atoms with Crippen molar-refractivity contribution >= 4 is 11.7 Å². The fourth-order valence-corrected chi connectivity index (χ4v) is 3.06. The van der Waals surface area contributed by atoms with Gasteiger partial charge in [-0.15, -0.1) is 0 Å². The first-order chi connectivity index (χ1) is 10.9. The largest absolute Gasteiger partial charge is 0.389 e. The van der Waals surface area contributed by atoms with E-state index in [9.17, 15) is 14.7 Å². The quantitative estimate of drug-likeness (QED) is 0.844. The summed E-state index contributed by atoms with van der Waals surface area (Å²) >= 11 is 0. The van der Waals surface area contributed by atoms with E-state index in [0.29, 0.717) is 43.7 Å². The number of amides is 1. The lowest BCUT2D eigenvalue weighted by Crippen LogP contribution is -2.52. The van der Waals surface area contributed by atoms with E-state index >= 15 is 0 Å². The molecule has 2 rings (SSSR count). The number of rotatable bonds is 5. The van der Waals surface area contributed by atoms with Crippen molar-refractivity contribution in [2.45, 2.75) is 32.3 Å². The van der Waals surface area contributed by atoms with Crippen LogP contribution in [0.5, 0.6) is 0 Å². The fraction of sp³-hybridized carbons (Fsp3) is 0.556. The normalized spacial score (nSPS) is 24.5. The van der Waals surface area contributed by atoms with Crippen molar-refractivity contribution in [3.05, 3.63) is 35.4 Å². The van der Waals surface area contributed by atoms with Crippen LogP contribution in [0.15, 0.2) is 24.3 Å². The van der Waals surface area contributed by atoms with Crippen LogP contribution in [-0.2, 0) is 4.74 Å². The van der Waals surface area contributed by atoms with E-state index in [0.717, 1.165) is 0 Å². The Kier molecular flexibility index (Phi) is 5.55. The number of hydrogen-bond acceptors (Lipinski definition) is 4. The average molecular weight is 319 g/mol. The van der Waals surface area contributed by atoms with Gasteiger partial charge in [0.2, 0.25) is 0 Å². The van der Waals surface area contributed by atoms with Crippen molar-refractivity contribution in [3.8, 4) is 0 Å². The summed E-state index contributed by atoms with van der Waals surface area (Å²) < 4.78 is 5.06. The van der Waals surface area contributed by atoms with E-state index in [-0.39, 0.29) is 17.6 Å². The Morgan fingerprint density at radius 3 is 2.70 bits per heavy atom. The molecule has 0 aliphatic carbocycles. The van der Waals surface area contributed by atoms with Crippen molar-refractivity contribution in [2.75, 3.05) is 26.8 Å². The van der Waals surface area contributed by atoms with Gasteiger partial charge in [0.05, 0.1) is 5.60 Å². The van der Waals surface area contributed by atoms with Crippen molar-refractivity contribution in [3.63, 3.8) is 0 Å². The molecule has 0 saturated carbocycles. The highest BCUT2D eigenvalue weighted by Crippen LogP contribution is 2.31. The molecule has 1 aliphatic rings. The highest BCUT2D eigenvalue weighted by Gasteiger charge is 2.39. The molecule has 0 unspecified atom stereocenters. The second-order valence-electron chi connectivity index (χ2n) is 6.39. The summed E-state index contributed by atoms with van der Waals surface area (Å²) in [4.78, 5) is 25.9. The number of benzene rings is 1. The molecule has 1 amide bonds. The number of carbonyl (C=O) groups excluding carboxylic acids is 2. The first-order valence-electron chi connectivity index (χ1n) is 7.99. The Labute approximate surface area is 137 Å². The van der Waals surface area contributed by atoms with Crippen molar-refractivity contribution in [1.29, 1.82) is 0 Å². The van der Waals surface area contributed by atoms with Gasteiger partial charge in [0.15, 0.2) is 5.78 Å². The maximum absolute atomic E-state index is 12.7. The average Bonchev–Trinajstić information content (AvgIpc) is 2.55. The smallest absolute Gasteiger partial charge is 0.253 e. The molecular weight excluding hydrogens is 294 g/mol. The Morgan fingerprint density at radius 2 is 2.09 bits per heavy atom. The van der Waals surface area contributed by atoms with Gasteiger partial charge in [-0.1, -0.05) is 19.1 Å². The number of Topliss-reactive ketones (excluding diaryl/α,β-unsaturated/α-hetero) is 1. The van der Waals surface area contributed by atoms with E-state index in [1.807, 2.05) is 6.92 Å². The zero-order valence-corrected chi connectivity index (χ0v) is 14.0. The molecule has 1 fully saturated rings. The van der Waals surface area contributed by atoms with Crippen LogP contribution in [0.4, 0.5) is 0 Å². The number of likely N-dealkylation sites (tertiary alicyclic amines) is 1. The molecule has 0 aromatic heterocycles. The van der Waals surface area contributed by atoms with Gasteiger partial charge in [-0.3, -0.25) is 9.59 Å². The van der Waals surface area contributed by atoms with Gasteiger partial charge in [-0.05, 0) is 31.9 Å². The van der Waals surface area contributed by atoms with Crippen molar-refractivity contribution in [1.82, 2.24) is 4.90 Å². The van der Waals surface area contributed by atoms with Crippen molar-refractivity contribution < 1.29 is 19.4 Å². The molecule has 0 radical (unpaired) electrons. The first kappa shape index (κ1) is 17.6. The van der Waals surface area contributed by atoms with E-state index in [4.69, 9.17) is 4.74 Å². The van der Waals surface area contributed by atoms with E-state index in [1.165, 1.54) is 6.92 Å². The predicted octanol–water partition coefficient (Wildman–Crippen LogP) is 2.14. The second kappa shape index (κ2) is 7.23. The zero-order chi connectivity index (χ0) is 17.0. The molecule has 1 aliphatic heterocycles. The molecule has 126 valence electrons. The first-order valence-corrected chi connectivity index (χ1v) is 7.99. The zero-order valence-electron chi connectivity index (χ0n) is 14.0. The minimum absolute atomic E-state index is 0.0219. The molecule has 1 N–H and O–H groups in total. The molecule has 5 nitrogen and oxygen atoms in total. The van der Waals surface area contributed by atoms with Crippen LogP contribution in [0.1, 0.15) is 47.4 Å². The third kappa shape index (κ3) is 3.98. The number of aliphatic hydroxyl groups is 1. The number of hydrogen-bond donors (Lipinski definition) is 1. The summed E-state index contributed by atoms with van der Waals surface area (Å²) in [5.74, 6) is -0.166. The molecule has 5 heteroatoms. The summed E-state index contributed by atoms with van der Waals surface area (Å²) in [5, 5.41) is 10.7. The van der Waals surface area contributed by atoms with Crippen LogP contribution in [0.3, 0.4) is 0 Å². The molecule has 2 atom stereocenters. The van der Waals surface area contributed by atoms with E-state index in [2.05, 4.69) is 0 Å². The molecule has 0 bridgehead atoms. The molecule has 23 heavy (non-hydrogen) atoms. The topological polar surface area (TPSA) is 66.8 Å². The Bertz CT molecular complexity index is 586. The highest BCUT2D eigenvalue weighted by molar-refractivity contribution is 5.99. The van der Waals surface area contributed by atoms with Crippen LogP contribution < -0.4 is 0 Å². The second-order valence-corrected chi connectivity index (χ2v) is 6.39. The van der Waals surface area contributed by atoms with Gasteiger partial charge in [-0.25, -0.2) is 0 Å². The van der Waals surface area contributed by atoms with Gasteiger partial charge in [-0.2, -0.15) is 0 Å². The summed E-state index contributed by atoms with van der Waals surface area (Å²) in [5.41, 5.74) is 0.276. The summed E-state index contributed by atoms with van der Waals surface area (Å²) in [7, 11) is 1.62. The van der Waals surface area contributed by atoms with Crippen molar-refractivity contribution in [2.24, 2.45) is 5.92 Å². The van der Waals surface area contributed by atoms with Crippen LogP contribution in [0, 0.1) is 5.92 Å². The third-order valence-electron chi connectivity index (χ3n) is 4.77. The summed E-state index contributed by atoms with van der Waals surface area (Å²) in [6, 6.07) is 6.81. The van der Waals surface area contributed by atoms with Crippen LogP contribution in [0.2, 0.25) is 0 Å². The monoisotopic (exact) mass is 319 g/mol. The lowest BCUT2D eigenvalue weighted by molar-refractivity contribution is -0.0750. The third-order valence-corrected chi connectivity index (χ3v) is 4.77. The predicted molar refractivity (Wildman–Crippen MR) is 87.6 cm³/mol.